The zero-order valence-electron chi connectivity index (χ0n) is 14.4. The smallest absolute Gasteiger partial charge is 0.305 e. The van der Waals surface area contributed by atoms with Gasteiger partial charge in [-0.25, -0.2) is 0 Å². The average Bonchev–Trinajstić information content (AvgIpc) is 2.45. The lowest BCUT2D eigenvalue weighted by molar-refractivity contribution is -0.261. The van der Waals surface area contributed by atoms with E-state index in [-0.39, 0.29) is 0 Å². The Balaban J connectivity index is 3.17. The number of nitrogens with one attached hydrogen (secondary N) is 1. The minimum absolute atomic E-state index is 0.593. The fraction of sp³-hybridized carbons (Fsp3) is 0.714. The van der Waals surface area contributed by atoms with Gasteiger partial charge in [0.25, 0.3) is 0 Å². The van der Waals surface area contributed by atoms with Crippen LogP contribution in [0, 0.1) is 0 Å². The summed E-state index contributed by atoms with van der Waals surface area (Å²) in [4.78, 5) is 45.6. The molecule has 1 aliphatic heterocycles. The van der Waals surface area contributed by atoms with Gasteiger partial charge in [-0.15, -0.1) is 0 Å². The maximum atomic E-state index is 11.6. The van der Waals surface area contributed by atoms with E-state index < -0.39 is 61.4 Å². The van der Waals surface area contributed by atoms with E-state index in [1.54, 1.807) is 6.92 Å². The molecule has 1 unspecified atom stereocenters. The third-order valence-electron chi connectivity index (χ3n) is 3.00. The summed E-state index contributed by atoms with van der Waals surface area (Å²) in [7, 11) is 0. The molecule has 1 amide bonds. The van der Waals surface area contributed by atoms with Gasteiger partial charge in [0.1, 0.15) is 6.04 Å². The molecule has 0 bridgehead atoms. The molecule has 0 spiro atoms. The molecule has 1 heterocycles. The highest BCUT2D eigenvalue weighted by Crippen LogP contribution is 2.27. The molecule has 0 radical (unpaired) electrons. The van der Waals surface area contributed by atoms with Gasteiger partial charge in [-0.2, -0.15) is 0 Å². The number of ether oxygens (including phenoxy) is 4. The van der Waals surface area contributed by atoms with Crippen LogP contribution in [0.25, 0.3) is 0 Å². The molecule has 1 rings (SSSR count). The Bertz CT molecular complexity index is 511. The summed E-state index contributed by atoms with van der Waals surface area (Å²) in [6, 6.07) is -1.13. The Kier molecular flexibility index (Phi) is 5.91. The van der Waals surface area contributed by atoms with Crippen molar-refractivity contribution >= 4 is 23.8 Å². The van der Waals surface area contributed by atoms with Crippen molar-refractivity contribution in [2.45, 2.75) is 65.2 Å². The molecule has 9 nitrogen and oxygen atoms in total. The van der Waals surface area contributed by atoms with Gasteiger partial charge < -0.3 is 24.3 Å². The molecule has 0 aliphatic carbocycles. The molecule has 1 N–H and O–H groups in total. The van der Waals surface area contributed by atoms with Crippen LogP contribution in [-0.4, -0.2) is 54.5 Å². The van der Waals surface area contributed by atoms with Crippen LogP contribution in [0.2, 0.25) is 0 Å². The Morgan fingerprint density at radius 3 is 1.96 bits per heavy atom. The monoisotopic (exact) mass is 332 g/mol. The quantitative estimate of drug-likeness (QED) is 0.549. The van der Waals surface area contributed by atoms with E-state index in [2.05, 4.69) is 5.32 Å². The predicted octanol–water partition coefficient (Wildman–Crippen LogP) is -0.338. The molecular weight excluding hydrogens is 310 g/mol. The van der Waals surface area contributed by atoms with Gasteiger partial charge in [-0.1, -0.05) is 0 Å². The minimum Gasteiger partial charge on any atom is -0.456 e. The first-order valence-electron chi connectivity index (χ1n) is 7.62. The van der Waals surface area contributed by atoms with E-state index >= 15 is 0 Å². The number of esters is 3. The van der Waals surface area contributed by atoms with Crippen LogP contribution >= 0.6 is 0 Å². The number of carbonyl (C=O) groups is 4. The summed E-state index contributed by atoms with van der Waals surface area (Å²) in [6.07, 6.45) is -4.19. The van der Waals surface area contributed by atoms with E-state index in [0.717, 1.165) is 13.8 Å². The lowest BCUT2D eigenvalue weighted by Gasteiger charge is -2.43. The van der Waals surface area contributed by atoms with E-state index in [0.29, 0.717) is 0 Å². The summed E-state index contributed by atoms with van der Waals surface area (Å²) in [5.74, 6) is -2.69. The first kappa shape index (κ1) is 17.2. The Hall–Kier alpha value is -2.16. The predicted molar refractivity (Wildman–Crippen MR) is 74.8 cm³/mol. The molecule has 1 fully saturated rings. The first-order valence-corrected chi connectivity index (χ1v) is 6.91. The van der Waals surface area contributed by atoms with Crippen molar-refractivity contribution in [3.05, 3.63) is 0 Å². The normalized spacial score (nSPS) is 30.6. The summed E-state index contributed by atoms with van der Waals surface area (Å²) >= 11 is 0. The summed E-state index contributed by atoms with van der Waals surface area (Å²) in [6.45, 7) is 4.42. The standard InChI is InChI=1S/C14H21NO8/c1-6-12(21-8(3)17)13(22-9(4)18)11(15-7(2)16)14(20-6)23-10(5)19/h6,11-14H,1-5H3,(H,15,16)/t6-,11-,12+,13-,14?/m1/s1/i2D. The molecule has 0 aromatic rings. The number of hydrogen-bond donors (Lipinski definition) is 1. The summed E-state index contributed by atoms with van der Waals surface area (Å²) in [5, 5.41) is 2.41. The zero-order valence-corrected chi connectivity index (χ0v) is 13.4. The van der Waals surface area contributed by atoms with Crippen molar-refractivity contribution in [1.82, 2.24) is 5.32 Å². The third-order valence-corrected chi connectivity index (χ3v) is 3.00. The number of amides is 1. The minimum atomic E-state index is -1.26. The summed E-state index contributed by atoms with van der Waals surface area (Å²) in [5.41, 5.74) is 0. The number of rotatable bonds is 4. The van der Waals surface area contributed by atoms with Crippen LogP contribution in [0.5, 0.6) is 0 Å². The summed E-state index contributed by atoms with van der Waals surface area (Å²) < 4.78 is 27.9. The lowest BCUT2D eigenvalue weighted by Crippen LogP contribution is -2.65. The topological polar surface area (TPSA) is 117 Å². The molecule has 130 valence electrons. The largest absolute Gasteiger partial charge is 0.456 e. The molecule has 0 saturated carbocycles. The molecule has 1 aliphatic rings. The molecule has 0 aromatic heterocycles. The SMILES string of the molecule is [2H]CC(=O)N[C@H]1C(OC(C)=O)O[C@H](C)[C@H](OC(C)=O)[C@@H]1OC(C)=O. The van der Waals surface area contributed by atoms with Crippen molar-refractivity contribution in [1.29, 1.82) is 0 Å². The Morgan fingerprint density at radius 1 is 0.957 bits per heavy atom. The van der Waals surface area contributed by atoms with Crippen LogP contribution in [-0.2, 0) is 38.1 Å². The van der Waals surface area contributed by atoms with Crippen molar-refractivity contribution < 1.29 is 39.5 Å². The number of hydrogen-bond acceptors (Lipinski definition) is 8. The highest BCUT2D eigenvalue weighted by atomic mass is 16.7. The van der Waals surface area contributed by atoms with E-state index in [4.69, 9.17) is 20.3 Å². The van der Waals surface area contributed by atoms with Crippen LogP contribution in [0.1, 0.15) is 36.0 Å². The fourth-order valence-corrected chi connectivity index (χ4v) is 2.29. The van der Waals surface area contributed by atoms with Crippen molar-refractivity contribution in [3.63, 3.8) is 0 Å². The van der Waals surface area contributed by atoms with Gasteiger partial charge in [0.2, 0.25) is 12.2 Å². The maximum absolute atomic E-state index is 11.6. The van der Waals surface area contributed by atoms with E-state index in [1.165, 1.54) is 6.92 Å². The lowest BCUT2D eigenvalue weighted by atomic mass is 9.96. The van der Waals surface area contributed by atoms with Crippen LogP contribution < -0.4 is 5.32 Å². The van der Waals surface area contributed by atoms with Gasteiger partial charge in [0, 0.05) is 29.0 Å². The number of carbonyl (C=O) groups excluding carboxylic acids is 4. The van der Waals surface area contributed by atoms with E-state index in [1.807, 2.05) is 0 Å². The molecule has 1 saturated heterocycles. The second-order valence-corrected chi connectivity index (χ2v) is 5.06. The Morgan fingerprint density at radius 2 is 1.48 bits per heavy atom. The molecule has 9 heteroatoms. The van der Waals surface area contributed by atoms with Crippen LogP contribution in [0.15, 0.2) is 0 Å². The highest BCUT2D eigenvalue weighted by molar-refractivity contribution is 5.74. The Labute approximate surface area is 135 Å². The second-order valence-electron chi connectivity index (χ2n) is 5.06. The molecule has 0 aromatic carbocycles. The maximum Gasteiger partial charge on any atom is 0.305 e. The fourth-order valence-electron chi connectivity index (χ4n) is 2.29. The third kappa shape index (κ3) is 5.51. The van der Waals surface area contributed by atoms with Gasteiger partial charge in [-0.3, -0.25) is 19.2 Å². The first-order chi connectivity index (χ1) is 11.1. The second kappa shape index (κ2) is 7.91. The molecule has 23 heavy (non-hydrogen) atoms. The van der Waals surface area contributed by atoms with Crippen LogP contribution in [0.4, 0.5) is 0 Å². The van der Waals surface area contributed by atoms with Crippen molar-refractivity contribution in [3.8, 4) is 0 Å². The van der Waals surface area contributed by atoms with Crippen molar-refractivity contribution in [2.75, 3.05) is 0 Å². The molecule has 5 atom stereocenters. The van der Waals surface area contributed by atoms with Crippen molar-refractivity contribution in [2.24, 2.45) is 0 Å². The average molecular weight is 332 g/mol. The van der Waals surface area contributed by atoms with Gasteiger partial charge in [0.15, 0.2) is 12.2 Å². The van der Waals surface area contributed by atoms with Gasteiger partial charge in [0.05, 0.1) is 6.10 Å². The van der Waals surface area contributed by atoms with E-state index in [9.17, 15) is 19.2 Å². The molecular formula is C14H21NO8. The zero-order chi connectivity index (χ0) is 18.4. The van der Waals surface area contributed by atoms with Crippen LogP contribution in [0.3, 0.4) is 0 Å². The van der Waals surface area contributed by atoms with Gasteiger partial charge >= 0.3 is 17.9 Å². The van der Waals surface area contributed by atoms with Gasteiger partial charge in [-0.05, 0) is 6.92 Å². The highest BCUT2D eigenvalue weighted by Gasteiger charge is 2.50.